The highest BCUT2D eigenvalue weighted by atomic mass is 35.5. The van der Waals surface area contributed by atoms with Crippen molar-refractivity contribution < 1.29 is 22.7 Å². The maximum absolute atomic E-state index is 12.8. The molecule has 0 aromatic heterocycles. The van der Waals surface area contributed by atoms with E-state index in [-0.39, 0.29) is 23.8 Å². The van der Waals surface area contributed by atoms with Crippen LogP contribution in [-0.2, 0) is 21.1 Å². The van der Waals surface area contributed by atoms with E-state index in [4.69, 9.17) is 21.1 Å². The van der Waals surface area contributed by atoms with Gasteiger partial charge in [-0.3, -0.25) is 4.79 Å². The van der Waals surface area contributed by atoms with Crippen molar-refractivity contribution in [2.45, 2.75) is 29.4 Å². The van der Waals surface area contributed by atoms with Crippen molar-refractivity contribution in [1.82, 2.24) is 4.90 Å². The molecule has 29 heavy (non-hydrogen) atoms. The Labute approximate surface area is 176 Å². The van der Waals surface area contributed by atoms with E-state index in [0.29, 0.717) is 35.9 Å². The van der Waals surface area contributed by atoms with Gasteiger partial charge < -0.3 is 14.4 Å². The summed E-state index contributed by atoms with van der Waals surface area (Å²) in [4.78, 5) is 14.5. The van der Waals surface area contributed by atoms with E-state index in [9.17, 15) is 13.2 Å². The van der Waals surface area contributed by atoms with Crippen molar-refractivity contribution in [3.8, 4) is 11.5 Å². The molecule has 0 N–H and O–H groups in total. The number of halogens is 1. The van der Waals surface area contributed by atoms with Crippen LogP contribution in [-0.4, -0.2) is 51.8 Å². The molecule has 1 unspecified atom stereocenters. The first-order chi connectivity index (χ1) is 13.8. The maximum atomic E-state index is 12.8. The van der Waals surface area contributed by atoms with Gasteiger partial charge in [-0.1, -0.05) is 17.7 Å². The first kappa shape index (κ1) is 21.5. The minimum absolute atomic E-state index is 0.0586. The fourth-order valence-electron chi connectivity index (χ4n) is 3.48. The zero-order valence-corrected chi connectivity index (χ0v) is 18.0. The van der Waals surface area contributed by atoms with Gasteiger partial charge >= 0.3 is 0 Å². The van der Waals surface area contributed by atoms with E-state index in [0.717, 1.165) is 5.56 Å². The Morgan fingerprint density at radius 2 is 1.86 bits per heavy atom. The number of benzene rings is 2. The lowest BCUT2D eigenvalue weighted by molar-refractivity contribution is -0.130. The van der Waals surface area contributed by atoms with Crippen molar-refractivity contribution in [3.63, 3.8) is 0 Å². The van der Waals surface area contributed by atoms with Crippen LogP contribution in [0.25, 0.3) is 0 Å². The van der Waals surface area contributed by atoms with Crippen LogP contribution >= 0.6 is 11.6 Å². The predicted octanol–water partition coefficient (Wildman–Crippen LogP) is 3.36. The molecule has 0 aliphatic carbocycles. The Bertz CT molecular complexity index is 975. The average molecular weight is 438 g/mol. The molecule has 1 atom stereocenters. The number of nitrogens with zero attached hydrogens (tertiary/aromatic N) is 1. The second-order valence-corrected chi connectivity index (χ2v) is 9.59. The fourth-order valence-corrected chi connectivity index (χ4v) is 5.30. The van der Waals surface area contributed by atoms with Crippen molar-refractivity contribution in [2.24, 2.45) is 0 Å². The van der Waals surface area contributed by atoms with E-state index in [2.05, 4.69) is 0 Å². The van der Waals surface area contributed by atoms with Gasteiger partial charge in [-0.05, 0) is 48.7 Å². The predicted molar refractivity (Wildman–Crippen MR) is 111 cm³/mol. The van der Waals surface area contributed by atoms with E-state index < -0.39 is 15.1 Å². The van der Waals surface area contributed by atoms with Gasteiger partial charge in [-0.2, -0.15) is 0 Å². The number of ether oxygens (including phenoxy) is 2. The molecule has 1 saturated heterocycles. The van der Waals surface area contributed by atoms with Crippen LogP contribution in [0.3, 0.4) is 0 Å². The summed E-state index contributed by atoms with van der Waals surface area (Å²) in [5.41, 5.74) is 0.909. The molecule has 1 amide bonds. The number of hydrogen-bond donors (Lipinski definition) is 0. The molecular weight excluding hydrogens is 414 g/mol. The van der Waals surface area contributed by atoms with Crippen LogP contribution in [0.15, 0.2) is 47.4 Å². The number of hydrogen-bond acceptors (Lipinski definition) is 5. The Hall–Kier alpha value is -2.25. The molecule has 0 bridgehead atoms. The molecule has 2 aromatic carbocycles. The molecule has 1 fully saturated rings. The fraction of sp³-hybridized carbons (Fsp3) is 0.381. The number of aryl methyl sites for hydroxylation is 1. The summed E-state index contributed by atoms with van der Waals surface area (Å²) in [5, 5.41) is -0.107. The van der Waals surface area contributed by atoms with Crippen LogP contribution in [0.5, 0.6) is 11.5 Å². The van der Waals surface area contributed by atoms with E-state index in [1.54, 1.807) is 37.3 Å². The van der Waals surface area contributed by atoms with Crippen LogP contribution < -0.4 is 9.47 Å². The summed E-state index contributed by atoms with van der Waals surface area (Å²) < 4.78 is 36.2. The number of sulfone groups is 1. The molecule has 8 heteroatoms. The highest BCUT2D eigenvalue weighted by molar-refractivity contribution is 7.92. The highest BCUT2D eigenvalue weighted by Gasteiger charge is 2.35. The summed E-state index contributed by atoms with van der Waals surface area (Å²) in [7, 11) is -0.334. The molecule has 2 aromatic rings. The third kappa shape index (κ3) is 4.85. The largest absolute Gasteiger partial charge is 0.497 e. The number of likely N-dealkylation sites (tertiary alicyclic amines) is 1. The summed E-state index contributed by atoms with van der Waals surface area (Å²) in [6.07, 6.45) is 1.23. The summed E-state index contributed by atoms with van der Waals surface area (Å²) in [6, 6.07) is 11.6. The Balaban J connectivity index is 1.61. The molecule has 1 aliphatic rings. The number of carbonyl (C=O) groups excluding carboxylic acids is 1. The molecule has 1 heterocycles. The van der Waals surface area contributed by atoms with Gasteiger partial charge in [0.1, 0.15) is 11.5 Å². The van der Waals surface area contributed by atoms with Gasteiger partial charge in [-0.15, -0.1) is 0 Å². The lowest BCUT2D eigenvalue weighted by atomic mass is 10.1. The normalized spacial score (nSPS) is 16.7. The second-order valence-electron chi connectivity index (χ2n) is 6.93. The van der Waals surface area contributed by atoms with Gasteiger partial charge in [0.2, 0.25) is 5.91 Å². The standard InChI is InChI=1S/C21H24ClNO5S/c1-27-17-7-3-15(20(13-17)28-2)4-10-21(24)23-12-11-19(14-23)29(25,26)18-8-5-16(22)6-9-18/h3,5-9,13,19H,4,10-12,14H2,1-2H3. The lowest BCUT2D eigenvalue weighted by Gasteiger charge is -2.17. The molecule has 0 radical (unpaired) electrons. The third-order valence-corrected chi connectivity index (χ3v) is 7.62. The monoisotopic (exact) mass is 437 g/mol. The summed E-state index contributed by atoms with van der Waals surface area (Å²) in [5.74, 6) is 1.30. The summed E-state index contributed by atoms with van der Waals surface area (Å²) >= 11 is 5.85. The lowest BCUT2D eigenvalue weighted by Crippen LogP contribution is -2.32. The second kappa shape index (κ2) is 9.05. The number of carbonyl (C=O) groups is 1. The van der Waals surface area contributed by atoms with Gasteiger partial charge in [0.05, 0.1) is 24.4 Å². The van der Waals surface area contributed by atoms with Gasteiger partial charge in [0.15, 0.2) is 9.84 Å². The van der Waals surface area contributed by atoms with Crippen LogP contribution in [0.4, 0.5) is 0 Å². The minimum atomic E-state index is -3.49. The Morgan fingerprint density at radius 1 is 1.14 bits per heavy atom. The molecule has 156 valence electrons. The maximum Gasteiger partial charge on any atom is 0.222 e. The first-order valence-corrected chi connectivity index (χ1v) is 11.3. The highest BCUT2D eigenvalue weighted by Crippen LogP contribution is 2.28. The molecule has 6 nitrogen and oxygen atoms in total. The van der Waals surface area contributed by atoms with E-state index in [1.165, 1.54) is 12.1 Å². The number of rotatable bonds is 7. The first-order valence-electron chi connectivity index (χ1n) is 9.33. The van der Waals surface area contributed by atoms with Crippen molar-refractivity contribution >= 4 is 27.3 Å². The average Bonchev–Trinajstić information content (AvgIpc) is 3.23. The molecular formula is C21H24ClNO5S. The topological polar surface area (TPSA) is 72.9 Å². The number of amides is 1. The smallest absolute Gasteiger partial charge is 0.222 e. The zero-order chi connectivity index (χ0) is 21.0. The molecule has 0 saturated carbocycles. The Morgan fingerprint density at radius 3 is 2.52 bits per heavy atom. The van der Waals surface area contributed by atoms with Crippen molar-refractivity contribution in [3.05, 3.63) is 53.1 Å². The van der Waals surface area contributed by atoms with Gasteiger partial charge in [0, 0.05) is 30.6 Å². The quantitative estimate of drug-likeness (QED) is 0.664. The Kier molecular flexibility index (Phi) is 6.70. The molecule has 3 rings (SSSR count). The van der Waals surface area contributed by atoms with E-state index in [1.807, 2.05) is 12.1 Å². The molecule has 1 aliphatic heterocycles. The van der Waals surface area contributed by atoms with Crippen molar-refractivity contribution in [2.75, 3.05) is 27.3 Å². The van der Waals surface area contributed by atoms with Crippen LogP contribution in [0.2, 0.25) is 5.02 Å². The van der Waals surface area contributed by atoms with Crippen molar-refractivity contribution in [1.29, 1.82) is 0 Å². The number of methoxy groups -OCH3 is 2. The summed E-state index contributed by atoms with van der Waals surface area (Å²) in [6.45, 7) is 0.652. The molecule has 0 spiro atoms. The third-order valence-electron chi connectivity index (χ3n) is 5.18. The SMILES string of the molecule is COc1ccc(CCC(=O)N2CCC(S(=O)(=O)c3ccc(Cl)cc3)C2)c(OC)c1. The van der Waals surface area contributed by atoms with Crippen LogP contribution in [0.1, 0.15) is 18.4 Å². The minimum Gasteiger partial charge on any atom is -0.497 e. The zero-order valence-electron chi connectivity index (χ0n) is 16.4. The van der Waals surface area contributed by atoms with Crippen LogP contribution in [0, 0.1) is 0 Å². The van der Waals surface area contributed by atoms with Gasteiger partial charge in [-0.25, -0.2) is 8.42 Å². The van der Waals surface area contributed by atoms with E-state index >= 15 is 0 Å². The van der Waals surface area contributed by atoms with Gasteiger partial charge in [0.25, 0.3) is 0 Å².